The maximum Gasteiger partial charge on any atom is 0.155 e. The van der Waals surface area contributed by atoms with E-state index in [4.69, 9.17) is 0 Å². The van der Waals surface area contributed by atoms with Crippen molar-refractivity contribution in [2.75, 3.05) is 12.3 Å². The summed E-state index contributed by atoms with van der Waals surface area (Å²) in [4.78, 5) is 4.18. The van der Waals surface area contributed by atoms with Crippen LogP contribution in [0.5, 0.6) is 0 Å². The lowest BCUT2D eigenvalue weighted by Crippen LogP contribution is -2.41. The van der Waals surface area contributed by atoms with Crippen molar-refractivity contribution in [3.8, 4) is 0 Å². The number of nitrogens with one attached hydrogen (secondary N) is 1. The van der Waals surface area contributed by atoms with Crippen molar-refractivity contribution in [1.82, 2.24) is 10.3 Å². The Bertz CT molecular complexity index is 543. The minimum absolute atomic E-state index is 0.131. The zero-order chi connectivity index (χ0) is 14.6. The van der Waals surface area contributed by atoms with E-state index in [0.717, 1.165) is 43.4 Å². The van der Waals surface area contributed by atoms with Crippen molar-refractivity contribution >= 4 is 9.84 Å². The average Bonchev–Trinajstić information content (AvgIpc) is 2.42. The second-order valence-corrected chi connectivity index (χ2v) is 7.90. The number of hydrogen-bond acceptors (Lipinski definition) is 4. The lowest BCUT2D eigenvalue weighted by molar-refractivity contribution is 0.444. The van der Waals surface area contributed by atoms with E-state index >= 15 is 0 Å². The molecule has 1 aromatic rings. The first-order valence-electron chi connectivity index (χ1n) is 7.41. The van der Waals surface area contributed by atoms with Gasteiger partial charge < -0.3 is 5.32 Å². The first kappa shape index (κ1) is 15.4. The van der Waals surface area contributed by atoms with E-state index in [0.29, 0.717) is 5.75 Å². The molecule has 0 aromatic carbocycles. The van der Waals surface area contributed by atoms with E-state index < -0.39 is 9.84 Å². The monoisotopic (exact) mass is 296 g/mol. The molecule has 0 radical (unpaired) electrons. The van der Waals surface area contributed by atoms with Crippen LogP contribution in [0.1, 0.15) is 49.8 Å². The molecule has 0 amide bonds. The molecular weight excluding hydrogens is 272 g/mol. The van der Waals surface area contributed by atoms with E-state index in [1.165, 1.54) is 0 Å². The van der Waals surface area contributed by atoms with Gasteiger partial charge in [0, 0.05) is 12.4 Å². The molecule has 1 fully saturated rings. The van der Waals surface area contributed by atoms with Gasteiger partial charge in [-0.25, -0.2) is 8.42 Å². The van der Waals surface area contributed by atoms with Crippen molar-refractivity contribution < 1.29 is 8.42 Å². The van der Waals surface area contributed by atoms with E-state index in [1.54, 1.807) is 6.20 Å². The van der Waals surface area contributed by atoms with Crippen molar-refractivity contribution in [3.05, 3.63) is 29.6 Å². The van der Waals surface area contributed by atoms with E-state index in [9.17, 15) is 8.42 Å². The fourth-order valence-electron chi connectivity index (χ4n) is 2.90. The van der Waals surface area contributed by atoms with E-state index in [1.807, 2.05) is 19.2 Å². The van der Waals surface area contributed by atoms with Gasteiger partial charge >= 0.3 is 0 Å². The summed E-state index contributed by atoms with van der Waals surface area (Å²) >= 11 is 0. The van der Waals surface area contributed by atoms with Gasteiger partial charge in [-0.2, -0.15) is 0 Å². The molecule has 0 bridgehead atoms. The normalized spacial score (nSPS) is 23.4. The number of sulfone groups is 1. The zero-order valence-electron chi connectivity index (χ0n) is 12.3. The summed E-state index contributed by atoms with van der Waals surface area (Å²) in [7, 11) is -3.01. The van der Waals surface area contributed by atoms with E-state index in [-0.39, 0.29) is 11.3 Å². The summed E-state index contributed by atoms with van der Waals surface area (Å²) in [6.45, 7) is 4.94. The molecule has 0 saturated carbocycles. The maximum absolute atomic E-state index is 12.4. The molecule has 4 nitrogen and oxygen atoms in total. The van der Waals surface area contributed by atoms with Gasteiger partial charge in [0.25, 0.3) is 0 Å². The molecule has 2 unspecified atom stereocenters. The molecule has 0 aliphatic carbocycles. The molecule has 2 atom stereocenters. The number of aryl methyl sites for hydroxylation is 1. The third-order valence-electron chi connectivity index (χ3n) is 4.03. The third kappa shape index (κ3) is 3.38. The standard InChI is InChI=1S/C15H24N2O2S/c1-3-8-17-15(13-11-16-9-7-12(13)2)14-6-4-5-10-20(14,18)19/h7,9,11,14-15,17H,3-6,8,10H2,1-2H3. The summed E-state index contributed by atoms with van der Waals surface area (Å²) < 4.78 is 24.8. The summed E-state index contributed by atoms with van der Waals surface area (Å²) in [5.41, 5.74) is 2.13. The summed E-state index contributed by atoms with van der Waals surface area (Å²) in [5, 5.41) is 3.12. The van der Waals surface area contributed by atoms with Crippen LogP contribution in [0.25, 0.3) is 0 Å². The smallest absolute Gasteiger partial charge is 0.155 e. The van der Waals surface area contributed by atoms with Gasteiger partial charge in [-0.1, -0.05) is 13.3 Å². The van der Waals surface area contributed by atoms with Crippen LogP contribution in [0, 0.1) is 6.92 Å². The van der Waals surface area contributed by atoms with Crippen LogP contribution in [0.2, 0.25) is 0 Å². The van der Waals surface area contributed by atoms with Crippen molar-refractivity contribution in [2.45, 2.75) is 50.8 Å². The van der Waals surface area contributed by atoms with Crippen molar-refractivity contribution in [3.63, 3.8) is 0 Å². The predicted octanol–water partition coefficient (Wildman–Crippen LogP) is 2.40. The fraction of sp³-hybridized carbons (Fsp3) is 0.667. The molecular formula is C15H24N2O2S. The number of nitrogens with zero attached hydrogens (tertiary/aromatic N) is 1. The molecule has 2 rings (SSSR count). The molecule has 20 heavy (non-hydrogen) atoms. The molecule has 1 N–H and O–H groups in total. The molecule has 2 heterocycles. The molecule has 0 spiro atoms. The highest BCUT2D eigenvalue weighted by atomic mass is 32.2. The lowest BCUT2D eigenvalue weighted by Gasteiger charge is -2.31. The van der Waals surface area contributed by atoms with Crippen LogP contribution >= 0.6 is 0 Å². The zero-order valence-corrected chi connectivity index (χ0v) is 13.1. The Morgan fingerprint density at radius 3 is 2.90 bits per heavy atom. The summed E-state index contributed by atoms with van der Waals surface area (Å²) in [6, 6.07) is 1.82. The molecule has 112 valence electrons. The second-order valence-electron chi connectivity index (χ2n) is 5.57. The first-order chi connectivity index (χ1) is 9.56. The molecule has 5 heteroatoms. The number of aromatic nitrogens is 1. The predicted molar refractivity (Wildman–Crippen MR) is 81.4 cm³/mol. The Hall–Kier alpha value is -0.940. The SMILES string of the molecule is CCCNC(c1cnccc1C)C1CCCCS1(=O)=O. The minimum atomic E-state index is -3.01. The van der Waals surface area contributed by atoms with Crippen LogP contribution in [0.3, 0.4) is 0 Å². The highest BCUT2D eigenvalue weighted by molar-refractivity contribution is 7.92. The number of pyridine rings is 1. The Balaban J connectivity index is 2.34. The van der Waals surface area contributed by atoms with Crippen LogP contribution in [0.4, 0.5) is 0 Å². The van der Waals surface area contributed by atoms with Crippen LogP contribution in [-0.4, -0.2) is 30.9 Å². The molecule has 1 saturated heterocycles. The van der Waals surface area contributed by atoms with Crippen molar-refractivity contribution in [1.29, 1.82) is 0 Å². The third-order valence-corrected chi connectivity index (χ3v) is 6.32. The van der Waals surface area contributed by atoms with Gasteiger partial charge in [-0.15, -0.1) is 0 Å². The molecule has 1 aliphatic heterocycles. The highest BCUT2D eigenvalue weighted by Gasteiger charge is 2.36. The topological polar surface area (TPSA) is 59.1 Å². The first-order valence-corrected chi connectivity index (χ1v) is 9.13. The van der Waals surface area contributed by atoms with E-state index in [2.05, 4.69) is 17.2 Å². The fourth-order valence-corrected chi connectivity index (χ4v) is 4.99. The van der Waals surface area contributed by atoms with Gasteiger partial charge in [0.2, 0.25) is 0 Å². The minimum Gasteiger partial charge on any atom is -0.309 e. The largest absolute Gasteiger partial charge is 0.309 e. The van der Waals surface area contributed by atoms with Gasteiger partial charge in [0.05, 0.1) is 17.0 Å². The van der Waals surface area contributed by atoms with Crippen LogP contribution in [-0.2, 0) is 9.84 Å². The Labute approximate surface area is 121 Å². The van der Waals surface area contributed by atoms with Crippen molar-refractivity contribution in [2.24, 2.45) is 0 Å². The average molecular weight is 296 g/mol. The van der Waals surface area contributed by atoms with Crippen LogP contribution < -0.4 is 5.32 Å². The number of rotatable bonds is 5. The molecule has 1 aliphatic rings. The van der Waals surface area contributed by atoms with Gasteiger partial charge in [-0.3, -0.25) is 4.98 Å². The number of hydrogen-bond donors (Lipinski definition) is 1. The summed E-state index contributed by atoms with van der Waals surface area (Å²) in [5.74, 6) is 0.321. The Morgan fingerprint density at radius 1 is 1.45 bits per heavy atom. The van der Waals surface area contributed by atoms with Gasteiger partial charge in [-0.05, 0) is 49.9 Å². The lowest BCUT2D eigenvalue weighted by atomic mass is 9.97. The Morgan fingerprint density at radius 2 is 2.25 bits per heavy atom. The Kier molecular flexibility index (Phi) is 5.16. The molecule has 1 aromatic heterocycles. The highest BCUT2D eigenvalue weighted by Crippen LogP contribution is 2.31. The maximum atomic E-state index is 12.4. The van der Waals surface area contributed by atoms with Gasteiger partial charge in [0.1, 0.15) is 0 Å². The van der Waals surface area contributed by atoms with Crippen LogP contribution in [0.15, 0.2) is 18.5 Å². The quantitative estimate of drug-likeness (QED) is 0.906. The van der Waals surface area contributed by atoms with Gasteiger partial charge in [0.15, 0.2) is 9.84 Å². The second kappa shape index (κ2) is 6.68. The summed E-state index contributed by atoms with van der Waals surface area (Å²) in [6.07, 6.45) is 7.09.